The Morgan fingerprint density at radius 1 is 1.10 bits per heavy atom. The summed E-state index contributed by atoms with van der Waals surface area (Å²) in [4.78, 5) is 11.8. The fourth-order valence-corrected chi connectivity index (χ4v) is 2.73. The summed E-state index contributed by atoms with van der Waals surface area (Å²) in [6, 6.07) is 17.6. The second kappa shape index (κ2) is 8.37. The van der Waals surface area contributed by atoms with Gasteiger partial charge in [0.1, 0.15) is 5.75 Å². The summed E-state index contributed by atoms with van der Waals surface area (Å²) in [6.45, 7) is 0. The van der Waals surface area contributed by atoms with Crippen LogP contribution in [0.5, 0.6) is 5.75 Å². The minimum atomic E-state index is 0.0423. The normalized spacial score (nSPS) is 10.1. The van der Waals surface area contributed by atoms with Gasteiger partial charge in [-0.1, -0.05) is 30.3 Å². The van der Waals surface area contributed by atoms with Crippen LogP contribution in [0.2, 0.25) is 0 Å². The van der Waals surface area contributed by atoms with Gasteiger partial charge in [0.25, 0.3) is 0 Å². The number of hydrogen-bond donors (Lipinski definition) is 1. The first-order chi connectivity index (χ1) is 10.3. The quantitative estimate of drug-likeness (QED) is 0.787. The SMILES string of the molecule is COc1ccc(NC(=O)CCSCc2ccccc2)cc1. The maximum absolute atomic E-state index is 11.8. The van der Waals surface area contributed by atoms with Gasteiger partial charge in [0.2, 0.25) is 5.91 Å². The number of nitrogens with one attached hydrogen (secondary N) is 1. The van der Waals surface area contributed by atoms with Crippen molar-refractivity contribution < 1.29 is 9.53 Å². The molecular weight excluding hydrogens is 282 g/mol. The summed E-state index contributed by atoms with van der Waals surface area (Å²) < 4.78 is 5.08. The first-order valence-electron chi connectivity index (χ1n) is 6.83. The first kappa shape index (κ1) is 15.4. The van der Waals surface area contributed by atoms with E-state index in [-0.39, 0.29) is 5.91 Å². The Kier molecular flexibility index (Phi) is 6.16. The molecule has 0 atom stereocenters. The Hall–Kier alpha value is -1.94. The van der Waals surface area contributed by atoms with Crippen LogP contribution in [-0.4, -0.2) is 18.8 Å². The van der Waals surface area contributed by atoms with Crippen LogP contribution in [0.15, 0.2) is 54.6 Å². The van der Waals surface area contributed by atoms with Crippen molar-refractivity contribution in [3.8, 4) is 5.75 Å². The standard InChI is InChI=1S/C17H19NO2S/c1-20-16-9-7-15(8-10-16)18-17(19)11-12-21-13-14-5-3-2-4-6-14/h2-10H,11-13H2,1H3,(H,18,19). The van der Waals surface area contributed by atoms with Crippen LogP contribution in [0, 0.1) is 0 Å². The Bertz CT molecular complexity index is 555. The van der Waals surface area contributed by atoms with Crippen LogP contribution in [0.3, 0.4) is 0 Å². The molecule has 110 valence electrons. The van der Waals surface area contributed by atoms with E-state index in [0.29, 0.717) is 6.42 Å². The largest absolute Gasteiger partial charge is 0.497 e. The second-order valence-corrected chi connectivity index (χ2v) is 5.67. The molecule has 21 heavy (non-hydrogen) atoms. The van der Waals surface area contributed by atoms with Crippen LogP contribution >= 0.6 is 11.8 Å². The van der Waals surface area contributed by atoms with E-state index in [4.69, 9.17) is 4.74 Å². The molecule has 3 nitrogen and oxygen atoms in total. The van der Waals surface area contributed by atoms with Gasteiger partial charge in [-0.25, -0.2) is 0 Å². The molecule has 2 aromatic carbocycles. The Morgan fingerprint density at radius 3 is 2.48 bits per heavy atom. The van der Waals surface area contributed by atoms with Gasteiger partial charge in [-0.2, -0.15) is 11.8 Å². The minimum Gasteiger partial charge on any atom is -0.497 e. The highest BCUT2D eigenvalue weighted by atomic mass is 32.2. The number of amides is 1. The topological polar surface area (TPSA) is 38.3 Å². The number of rotatable bonds is 7. The summed E-state index contributed by atoms with van der Waals surface area (Å²) >= 11 is 1.77. The number of carbonyl (C=O) groups is 1. The van der Waals surface area contributed by atoms with E-state index in [2.05, 4.69) is 17.4 Å². The van der Waals surface area contributed by atoms with Crippen LogP contribution in [0.4, 0.5) is 5.69 Å². The molecule has 4 heteroatoms. The van der Waals surface area contributed by atoms with Crippen molar-refractivity contribution in [3.63, 3.8) is 0 Å². The average molecular weight is 301 g/mol. The zero-order chi connectivity index (χ0) is 14.9. The van der Waals surface area contributed by atoms with Gasteiger partial charge in [-0.05, 0) is 29.8 Å². The molecule has 0 aliphatic carbocycles. The molecule has 0 aliphatic heterocycles. The van der Waals surface area contributed by atoms with Crippen molar-refractivity contribution >= 4 is 23.4 Å². The molecule has 0 unspecified atom stereocenters. The van der Waals surface area contributed by atoms with E-state index in [1.807, 2.05) is 42.5 Å². The lowest BCUT2D eigenvalue weighted by Gasteiger charge is -2.06. The van der Waals surface area contributed by atoms with Gasteiger partial charge in [-0.15, -0.1) is 0 Å². The predicted octanol–water partition coefficient (Wildman–Crippen LogP) is 3.96. The van der Waals surface area contributed by atoms with Crippen molar-refractivity contribution in [2.75, 3.05) is 18.2 Å². The molecule has 2 rings (SSSR count). The van der Waals surface area contributed by atoms with E-state index >= 15 is 0 Å². The van der Waals surface area contributed by atoms with E-state index in [9.17, 15) is 4.79 Å². The minimum absolute atomic E-state index is 0.0423. The molecule has 0 fully saturated rings. The van der Waals surface area contributed by atoms with Crippen molar-refractivity contribution in [1.29, 1.82) is 0 Å². The van der Waals surface area contributed by atoms with Crippen LogP contribution in [-0.2, 0) is 10.5 Å². The molecule has 0 saturated heterocycles. The van der Waals surface area contributed by atoms with E-state index in [1.165, 1.54) is 5.56 Å². The average Bonchev–Trinajstić information content (AvgIpc) is 2.53. The number of thioether (sulfide) groups is 1. The molecule has 0 bridgehead atoms. The fourth-order valence-electron chi connectivity index (χ4n) is 1.83. The van der Waals surface area contributed by atoms with Gasteiger partial charge in [0.15, 0.2) is 0 Å². The number of anilines is 1. The van der Waals surface area contributed by atoms with Crippen molar-refractivity contribution in [2.24, 2.45) is 0 Å². The zero-order valence-electron chi connectivity index (χ0n) is 12.0. The molecule has 0 radical (unpaired) electrons. The summed E-state index contributed by atoms with van der Waals surface area (Å²) in [6.07, 6.45) is 0.517. The summed E-state index contributed by atoms with van der Waals surface area (Å²) in [5.41, 5.74) is 2.09. The van der Waals surface area contributed by atoms with Crippen molar-refractivity contribution in [3.05, 3.63) is 60.2 Å². The van der Waals surface area contributed by atoms with Gasteiger partial charge in [0.05, 0.1) is 7.11 Å². The number of hydrogen-bond acceptors (Lipinski definition) is 3. The predicted molar refractivity (Wildman–Crippen MR) is 88.8 cm³/mol. The highest BCUT2D eigenvalue weighted by Crippen LogP contribution is 2.16. The third-order valence-electron chi connectivity index (χ3n) is 2.96. The number of ether oxygens (including phenoxy) is 1. The lowest BCUT2D eigenvalue weighted by Crippen LogP contribution is -2.12. The lowest BCUT2D eigenvalue weighted by atomic mass is 10.2. The van der Waals surface area contributed by atoms with E-state index in [1.54, 1.807) is 18.9 Å². The van der Waals surface area contributed by atoms with Crippen molar-refractivity contribution in [1.82, 2.24) is 0 Å². The van der Waals surface area contributed by atoms with Crippen LogP contribution in [0.25, 0.3) is 0 Å². The highest BCUT2D eigenvalue weighted by Gasteiger charge is 2.03. The maximum Gasteiger partial charge on any atom is 0.225 e. The number of methoxy groups -OCH3 is 1. The van der Waals surface area contributed by atoms with Crippen molar-refractivity contribution in [2.45, 2.75) is 12.2 Å². The highest BCUT2D eigenvalue weighted by molar-refractivity contribution is 7.98. The second-order valence-electron chi connectivity index (χ2n) is 4.56. The third-order valence-corrected chi connectivity index (χ3v) is 3.99. The molecule has 0 aromatic heterocycles. The summed E-state index contributed by atoms with van der Waals surface area (Å²) in [5.74, 6) is 2.58. The van der Waals surface area contributed by atoms with Gasteiger partial charge < -0.3 is 10.1 Å². The molecule has 1 amide bonds. The molecule has 0 saturated carbocycles. The van der Waals surface area contributed by atoms with Gasteiger partial charge >= 0.3 is 0 Å². The smallest absolute Gasteiger partial charge is 0.225 e. The summed E-state index contributed by atoms with van der Waals surface area (Å²) in [7, 11) is 1.62. The number of carbonyl (C=O) groups excluding carboxylic acids is 1. The molecular formula is C17H19NO2S. The van der Waals surface area contributed by atoms with E-state index in [0.717, 1.165) is 22.9 Å². The lowest BCUT2D eigenvalue weighted by molar-refractivity contribution is -0.115. The Morgan fingerprint density at radius 2 is 1.81 bits per heavy atom. The van der Waals surface area contributed by atoms with Gasteiger partial charge in [0, 0.05) is 23.6 Å². The summed E-state index contributed by atoms with van der Waals surface area (Å²) in [5, 5.41) is 2.88. The molecule has 0 aliphatic rings. The third kappa shape index (κ3) is 5.52. The van der Waals surface area contributed by atoms with E-state index < -0.39 is 0 Å². The number of benzene rings is 2. The molecule has 1 N–H and O–H groups in total. The van der Waals surface area contributed by atoms with Crippen LogP contribution in [0.1, 0.15) is 12.0 Å². The first-order valence-corrected chi connectivity index (χ1v) is 7.99. The molecule has 0 heterocycles. The zero-order valence-corrected chi connectivity index (χ0v) is 12.9. The maximum atomic E-state index is 11.8. The monoisotopic (exact) mass is 301 g/mol. The Balaban J connectivity index is 1.67. The Labute approximate surface area is 129 Å². The molecule has 0 spiro atoms. The fraction of sp³-hybridized carbons (Fsp3) is 0.235. The van der Waals surface area contributed by atoms with Gasteiger partial charge in [-0.3, -0.25) is 4.79 Å². The molecule has 2 aromatic rings. The van der Waals surface area contributed by atoms with Crippen LogP contribution < -0.4 is 10.1 Å².